The number of amides is 1. The van der Waals surface area contributed by atoms with Crippen LogP contribution in [-0.4, -0.2) is 42.6 Å². The van der Waals surface area contributed by atoms with Crippen molar-refractivity contribution in [1.82, 2.24) is 24.8 Å². The molecule has 166 valence electrons. The molecule has 0 radical (unpaired) electrons. The summed E-state index contributed by atoms with van der Waals surface area (Å²) in [5.41, 5.74) is 10.1. The maximum atomic E-state index is 13.0. The lowest BCUT2D eigenvalue weighted by atomic mass is 10.0. The minimum atomic E-state index is -0.929. The van der Waals surface area contributed by atoms with Crippen LogP contribution in [0.25, 0.3) is 16.9 Å². The summed E-state index contributed by atoms with van der Waals surface area (Å²) >= 11 is 6.59. The maximum absolute atomic E-state index is 13.0. The van der Waals surface area contributed by atoms with E-state index in [4.69, 9.17) is 22.3 Å². The molecule has 1 unspecified atom stereocenters. The van der Waals surface area contributed by atoms with Gasteiger partial charge in [0.2, 0.25) is 0 Å². The minimum Gasteiger partial charge on any atom is -0.382 e. The Morgan fingerprint density at radius 3 is 2.78 bits per heavy atom. The van der Waals surface area contributed by atoms with Crippen LogP contribution >= 0.6 is 11.6 Å². The Kier molecular flexibility index (Phi) is 4.47. The van der Waals surface area contributed by atoms with Gasteiger partial charge in [0.05, 0.1) is 21.8 Å². The monoisotopic (exact) mass is 452 g/mol. The van der Waals surface area contributed by atoms with Crippen LogP contribution in [0.5, 0.6) is 0 Å². The summed E-state index contributed by atoms with van der Waals surface area (Å²) in [4.78, 5) is 19.7. The van der Waals surface area contributed by atoms with Gasteiger partial charge in [0.15, 0.2) is 11.5 Å². The fourth-order valence-electron chi connectivity index (χ4n) is 4.68. The first kappa shape index (κ1) is 20.0. The average Bonchev–Trinajstić information content (AvgIpc) is 3.68. The van der Waals surface area contributed by atoms with Crippen LogP contribution in [0, 0.1) is 5.92 Å². The van der Waals surface area contributed by atoms with Crippen molar-refractivity contribution in [1.29, 1.82) is 0 Å². The molecule has 0 spiro atoms. The van der Waals surface area contributed by atoms with E-state index in [1.54, 1.807) is 16.8 Å². The Balaban J connectivity index is 1.37. The molecule has 3 aliphatic rings. The van der Waals surface area contributed by atoms with Gasteiger partial charge in [-0.05, 0) is 62.3 Å². The molecule has 2 atom stereocenters. The van der Waals surface area contributed by atoms with E-state index in [1.165, 1.54) is 12.8 Å². The number of halogens is 1. The van der Waals surface area contributed by atoms with Crippen LogP contribution in [0.3, 0.4) is 0 Å². The molecule has 6 rings (SSSR count). The molecule has 2 aromatic heterocycles. The Bertz CT molecular complexity index is 1250. The zero-order chi connectivity index (χ0) is 22.1. The van der Waals surface area contributed by atoms with E-state index in [2.05, 4.69) is 17.3 Å². The van der Waals surface area contributed by atoms with Gasteiger partial charge in [-0.1, -0.05) is 11.6 Å². The lowest BCUT2D eigenvalue weighted by Crippen LogP contribution is -2.34. The molecular weight excluding hydrogens is 428 g/mol. The SMILES string of the molecule is C[C@@H](C1CC1)N1Cc2cc(-c3ccn4nc(N)c(C(O)NC5CC5)c4n3)cc(Cl)c2C1=O. The molecule has 0 saturated heterocycles. The number of anilines is 1. The summed E-state index contributed by atoms with van der Waals surface area (Å²) in [6, 6.07) is 6.15. The van der Waals surface area contributed by atoms with Crippen LogP contribution in [0.1, 0.15) is 60.3 Å². The number of nitrogen functional groups attached to an aromatic ring is 1. The number of aliphatic hydroxyl groups is 1. The standard InChI is InChI=1S/C23H25ClN6O2/c1-11(12-2-3-12)29-10-14-8-13(9-16(24)18(14)23(29)32)17-6-7-30-21(27-17)19(20(25)28-30)22(31)26-15-4-5-15/h6-9,11-12,15,22,26,31H,2-5,10H2,1H3,(H2,25,28)/t11-,22?/m0/s1. The van der Waals surface area contributed by atoms with Crippen molar-refractivity contribution in [2.75, 3.05) is 5.73 Å². The highest BCUT2D eigenvalue weighted by atomic mass is 35.5. The Labute approximate surface area is 190 Å². The van der Waals surface area contributed by atoms with Gasteiger partial charge in [-0.15, -0.1) is 5.10 Å². The molecule has 2 saturated carbocycles. The molecule has 2 fully saturated rings. The summed E-state index contributed by atoms with van der Waals surface area (Å²) in [6.07, 6.45) is 5.29. The van der Waals surface area contributed by atoms with Gasteiger partial charge in [0, 0.05) is 30.4 Å². The fourth-order valence-corrected chi connectivity index (χ4v) is 5.00. The van der Waals surface area contributed by atoms with Crippen LogP contribution in [0.2, 0.25) is 5.02 Å². The van der Waals surface area contributed by atoms with E-state index in [9.17, 15) is 9.90 Å². The van der Waals surface area contributed by atoms with Crippen molar-refractivity contribution >= 4 is 29.0 Å². The zero-order valence-electron chi connectivity index (χ0n) is 17.8. The molecule has 3 heterocycles. The molecule has 3 aromatic rings. The number of aromatic nitrogens is 3. The van der Waals surface area contributed by atoms with Gasteiger partial charge in [-0.3, -0.25) is 10.1 Å². The maximum Gasteiger partial charge on any atom is 0.256 e. The number of benzene rings is 1. The second kappa shape index (κ2) is 7.16. The third-order valence-corrected chi connectivity index (χ3v) is 7.17. The third-order valence-electron chi connectivity index (χ3n) is 6.87. The normalized spacial score (nSPS) is 20.1. The second-order valence-electron chi connectivity index (χ2n) is 9.23. The number of hydrogen-bond donors (Lipinski definition) is 3. The highest BCUT2D eigenvalue weighted by molar-refractivity contribution is 6.34. The lowest BCUT2D eigenvalue weighted by Gasteiger charge is -2.23. The van der Waals surface area contributed by atoms with Gasteiger partial charge < -0.3 is 15.7 Å². The minimum absolute atomic E-state index is 0.0134. The number of nitrogens with zero attached hydrogens (tertiary/aromatic N) is 4. The molecule has 1 aliphatic heterocycles. The Hall–Kier alpha value is -2.68. The number of rotatable bonds is 6. The van der Waals surface area contributed by atoms with E-state index in [0.29, 0.717) is 46.0 Å². The summed E-state index contributed by atoms with van der Waals surface area (Å²) in [5.74, 6) is 0.856. The van der Waals surface area contributed by atoms with Crippen molar-refractivity contribution in [2.24, 2.45) is 5.92 Å². The quantitative estimate of drug-likeness (QED) is 0.496. The zero-order valence-corrected chi connectivity index (χ0v) is 18.5. The summed E-state index contributed by atoms with van der Waals surface area (Å²) in [6.45, 7) is 2.69. The number of aliphatic hydroxyl groups excluding tert-OH is 1. The first-order chi connectivity index (χ1) is 15.4. The van der Waals surface area contributed by atoms with Crippen molar-refractivity contribution < 1.29 is 9.90 Å². The number of carbonyl (C=O) groups excluding carboxylic acids is 1. The lowest BCUT2D eigenvalue weighted by molar-refractivity contribution is 0.0697. The first-order valence-corrected chi connectivity index (χ1v) is 11.5. The number of fused-ring (bicyclic) bond motifs is 2. The summed E-state index contributed by atoms with van der Waals surface area (Å²) in [7, 11) is 0. The van der Waals surface area contributed by atoms with E-state index >= 15 is 0 Å². The topological polar surface area (TPSA) is 109 Å². The van der Waals surface area contributed by atoms with Gasteiger partial charge in [0.25, 0.3) is 5.91 Å². The Morgan fingerprint density at radius 2 is 2.06 bits per heavy atom. The fraction of sp³-hybridized carbons (Fsp3) is 0.435. The summed E-state index contributed by atoms with van der Waals surface area (Å²) < 4.78 is 1.57. The van der Waals surface area contributed by atoms with Crippen LogP contribution in [0.15, 0.2) is 24.4 Å². The van der Waals surface area contributed by atoms with E-state index in [0.717, 1.165) is 24.0 Å². The highest BCUT2D eigenvalue weighted by Crippen LogP contribution is 2.41. The number of hydrogen-bond acceptors (Lipinski definition) is 6. The van der Waals surface area contributed by atoms with Gasteiger partial charge in [-0.2, -0.15) is 0 Å². The molecule has 32 heavy (non-hydrogen) atoms. The van der Waals surface area contributed by atoms with E-state index in [-0.39, 0.29) is 17.8 Å². The molecule has 4 N–H and O–H groups in total. The van der Waals surface area contributed by atoms with Crippen LogP contribution in [0.4, 0.5) is 5.82 Å². The number of nitrogens with one attached hydrogen (secondary N) is 1. The van der Waals surface area contributed by atoms with Crippen LogP contribution < -0.4 is 11.1 Å². The van der Waals surface area contributed by atoms with Crippen molar-refractivity contribution in [3.05, 3.63) is 46.1 Å². The predicted octanol–water partition coefficient (Wildman–Crippen LogP) is 3.13. The van der Waals surface area contributed by atoms with Gasteiger partial charge in [0.1, 0.15) is 6.23 Å². The average molecular weight is 453 g/mol. The van der Waals surface area contributed by atoms with Crippen molar-refractivity contribution in [3.8, 4) is 11.3 Å². The predicted molar refractivity (Wildman–Crippen MR) is 121 cm³/mol. The van der Waals surface area contributed by atoms with E-state index in [1.807, 2.05) is 17.0 Å². The number of nitrogens with two attached hydrogens (primary N) is 1. The molecule has 9 heteroatoms. The largest absolute Gasteiger partial charge is 0.382 e. The van der Waals surface area contributed by atoms with Crippen molar-refractivity contribution in [2.45, 2.75) is 57.5 Å². The molecule has 1 aromatic carbocycles. The second-order valence-corrected chi connectivity index (χ2v) is 9.63. The molecule has 2 aliphatic carbocycles. The van der Waals surface area contributed by atoms with Crippen molar-refractivity contribution in [3.63, 3.8) is 0 Å². The molecular formula is C23H25ClN6O2. The highest BCUT2D eigenvalue weighted by Gasteiger charge is 2.39. The van der Waals surface area contributed by atoms with Crippen LogP contribution in [-0.2, 0) is 6.54 Å². The summed E-state index contributed by atoms with van der Waals surface area (Å²) in [5, 5.41) is 18.5. The first-order valence-electron chi connectivity index (χ1n) is 11.1. The molecule has 1 amide bonds. The molecule has 8 nitrogen and oxygen atoms in total. The van der Waals surface area contributed by atoms with E-state index < -0.39 is 6.23 Å². The number of carbonyl (C=O) groups is 1. The third kappa shape index (κ3) is 3.25. The van der Waals surface area contributed by atoms with Gasteiger partial charge >= 0.3 is 0 Å². The Morgan fingerprint density at radius 1 is 1.28 bits per heavy atom. The molecule has 0 bridgehead atoms. The smallest absolute Gasteiger partial charge is 0.256 e. The van der Waals surface area contributed by atoms with Gasteiger partial charge in [-0.25, -0.2) is 9.50 Å².